The fraction of sp³-hybridized carbons (Fsp3) is 0.280. The minimum absolute atomic E-state index is 0.0549. The minimum atomic E-state index is -0.772. The van der Waals surface area contributed by atoms with Gasteiger partial charge in [0.05, 0.1) is 38.7 Å². The number of rotatable bonds is 10. The molecule has 0 fully saturated rings. The topological polar surface area (TPSA) is 157 Å². The van der Waals surface area contributed by atoms with E-state index in [9.17, 15) is 19.5 Å². The summed E-state index contributed by atoms with van der Waals surface area (Å²) in [6.07, 6.45) is 1.36. The van der Waals surface area contributed by atoms with Crippen LogP contribution in [-0.2, 0) is 14.3 Å². The molecule has 4 N–H and O–H groups in total. The van der Waals surface area contributed by atoms with E-state index < -0.39 is 23.9 Å². The molecular weight excluding hydrogens is 484 g/mol. The molecule has 0 aliphatic carbocycles. The van der Waals surface area contributed by atoms with Crippen LogP contribution in [-0.4, -0.2) is 56.7 Å². The molecule has 0 radical (unpaired) electrons. The second-order valence-corrected chi connectivity index (χ2v) is 7.71. The van der Waals surface area contributed by atoms with Crippen LogP contribution in [0.4, 0.5) is 4.79 Å². The predicted octanol–water partition coefficient (Wildman–Crippen LogP) is 2.13. The van der Waals surface area contributed by atoms with Gasteiger partial charge in [-0.2, -0.15) is 5.10 Å². The lowest BCUT2D eigenvalue weighted by molar-refractivity contribution is -0.139. The number of nitrogens with zero attached hydrogens (tertiary/aromatic N) is 1. The first-order valence-corrected chi connectivity index (χ1v) is 11.2. The van der Waals surface area contributed by atoms with E-state index >= 15 is 0 Å². The summed E-state index contributed by atoms with van der Waals surface area (Å²) >= 11 is 0. The first-order chi connectivity index (χ1) is 17.8. The molecule has 12 heteroatoms. The van der Waals surface area contributed by atoms with Gasteiger partial charge in [-0.1, -0.05) is 6.07 Å². The van der Waals surface area contributed by atoms with Crippen LogP contribution in [0.3, 0.4) is 0 Å². The number of hydrogen-bond donors (Lipinski definition) is 4. The van der Waals surface area contributed by atoms with E-state index in [0.717, 1.165) is 0 Å². The number of carbonyl (C=O) groups excluding carboxylic acids is 3. The Balaban J connectivity index is 1.67. The van der Waals surface area contributed by atoms with E-state index in [1.54, 1.807) is 44.2 Å². The number of phenols is 1. The van der Waals surface area contributed by atoms with E-state index in [2.05, 4.69) is 21.2 Å². The summed E-state index contributed by atoms with van der Waals surface area (Å²) in [4.78, 5) is 36.8. The summed E-state index contributed by atoms with van der Waals surface area (Å²) in [6.45, 7) is 3.13. The zero-order valence-corrected chi connectivity index (χ0v) is 20.8. The van der Waals surface area contributed by atoms with Gasteiger partial charge < -0.3 is 34.7 Å². The van der Waals surface area contributed by atoms with Gasteiger partial charge in [0.1, 0.15) is 0 Å². The predicted molar refractivity (Wildman–Crippen MR) is 133 cm³/mol. The molecule has 1 atom stereocenters. The Morgan fingerprint density at radius 2 is 1.84 bits per heavy atom. The van der Waals surface area contributed by atoms with Gasteiger partial charge in [-0.05, 0) is 55.3 Å². The zero-order valence-electron chi connectivity index (χ0n) is 20.8. The molecule has 2 aromatic rings. The van der Waals surface area contributed by atoms with Crippen LogP contribution in [0.1, 0.15) is 31.0 Å². The summed E-state index contributed by atoms with van der Waals surface area (Å²) < 4.78 is 21.1. The van der Waals surface area contributed by atoms with Crippen LogP contribution in [0, 0.1) is 0 Å². The van der Waals surface area contributed by atoms with Gasteiger partial charge in [-0.15, -0.1) is 0 Å². The van der Waals surface area contributed by atoms with Gasteiger partial charge in [-0.25, -0.2) is 15.0 Å². The highest BCUT2D eigenvalue weighted by molar-refractivity contribution is 5.95. The lowest BCUT2D eigenvalue weighted by Gasteiger charge is -2.28. The third-order valence-corrected chi connectivity index (χ3v) is 5.25. The normalized spacial score (nSPS) is 15.0. The van der Waals surface area contributed by atoms with Crippen molar-refractivity contribution < 1.29 is 38.4 Å². The Kier molecular flexibility index (Phi) is 8.92. The number of hydrazone groups is 1. The summed E-state index contributed by atoms with van der Waals surface area (Å²) in [5.74, 6) is -0.269. The molecule has 0 saturated carbocycles. The number of hydrogen-bond acceptors (Lipinski definition) is 9. The van der Waals surface area contributed by atoms with Crippen LogP contribution in [0.25, 0.3) is 0 Å². The number of esters is 1. The Bertz CT molecular complexity index is 1240. The third-order valence-electron chi connectivity index (χ3n) is 5.25. The van der Waals surface area contributed by atoms with Gasteiger partial charge in [0.2, 0.25) is 0 Å². The number of nitrogens with one attached hydrogen (secondary N) is 3. The van der Waals surface area contributed by atoms with Crippen LogP contribution >= 0.6 is 0 Å². The van der Waals surface area contributed by atoms with Crippen LogP contribution in [0.5, 0.6) is 23.0 Å². The molecule has 0 bridgehead atoms. The maximum Gasteiger partial charge on any atom is 0.338 e. The molecule has 3 amide bonds. The molecule has 1 aliphatic heterocycles. The number of urea groups is 1. The molecule has 196 valence electrons. The second-order valence-electron chi connectivity index (χ2n) is 7.71. The van der Waals surface area contributed by atoms with Crippen molar-refractivity contribution in [2.45, 2.75) is 19.9 Å². The number of phenolic OH excluding ortho intramolecular Hbond substituents is 1. The molecule has 0 aromatic heterocycles. The number of allylic oxidation sites excluding steroid dienone is 1. The first kappa shape index (κ1) is 26.9. The van der Waals surface area contributed by atoms with Crippen molar-refractivity contribution in [3.63, 3.8) is 0 Å². The summed E-state index contributed by atoms with van der Waals surface area (Å²) in [7, 11) is 2.87. The summed E-state index contributed by atoms with van der Waals surface area (Å²) in [6, 6.07) is 8.24. The van der Waals surface area contributed by atoms with Crippen LogP contribution < -0.4 is 30.3 Å². The smallest absolute Gasteiger partial charge is 0.338 e. The quantitative estimate of drug-likeness (QED) is 0.214. The monoisotopic (exact) mass is 512 g/mol. The van der Waals surface area contributed by atoms with Crippen molar-refractivity contribution >= 4 is 24.1 Å². The summed E-state index contributed by atoms with van der Waals surface area (Å²) in [5.41, 5.74) is 4.08. The van der Waals surface area contributed by atoms with Crippen molar-refractivity contribution in [1.82, 2.24) is 16.1 Å². The molecule has 1 heterocycles. The number of methoxy groups -OCH3 is 2. The molecule has 0 unspecified atom stereocenters. The van der Waals surface area contributed by atoms with Crippen molar-refractivity contribution in [1.29, 1.82) is 0 Å². The van der Waals surface area contributed by atoms with Crippen molar-refractivity contribution in [2.75, 3.05) is 27.4 Å². The standard InChI is InChI=1S/C25H28N4O8/c1-5-36-24(32)22-14(2)27-25(33)28-23(22)16-7-9-19(20(11-16)35-4)37-13-21(31)29-26-12-15-6-8-18(34-3)17(30)10-15/h6-12,23,30H,5,13H2,1-4H3,(H,29,31)(H2,27,28,33)/b26-12-/t23-/m0/s1. The van der Waals surface area contributed by atoms with E-state index in [1.165, 1.54) is 26.5 Å². The number of ether oxygens (including phenoxy) is 4. The van der Waals surface area contributed by atoms with E-state index in [-0.39, 0.29) is 36.0 Å². The van der Waals surface area contributed by atoms with Crippen molar-refractivity contribution in [2.24, 2.45) is 5.10 Å². The summed E-state index contributed by atoms with van der Waals surface area (Å²) in [5, 5.41) is 18.9. The van der Waals surface area contributed by atoms with Gasteiger partial charge in [0.15, 0.2) is 29.6 Å². The van der Waals surface area contributed by atoms with Gasteiger partial charge in [0.25, 0.3) is 5.91 Å². The highest BCUT2D eigenvalue weighted by Crippen LogP contribution is 2.34. The van der Waals surface area contributed by atoms with Crippen molar-refractivity contribution in [3.8, 4) is 23.0 Å². The molecule has 2 aromatic carbocycles. The fourth-order valence-electron chi connectivity index (χ4n) is 3.55. The first-order valence-electron chi connectivity index (χ1n) is 11.2. The van der Waals surface area contributed by atoms with E-state index in [0.29, 0.717) is 22.6 Å². The Morgan fingerprint density at radius 3 is 2.51 bits per heavy atom. The van der Waals surface area contributed by atoms with Crippen LogP contribution in [0.15, 0.2) is 52.8 Å². The average Bonchev–Trinajstić information content (AvgIpc) is 2.87. The molecule has 0 saturated heterocycles. The molecule has 37 heavy (non-hydrogen) atoms. The zero-order chi connectivity index (χ0) is 26.9. The number of carbonyl (C=O) groups is 3. The maximum absolute atomic E-state index is 12.5. The Hall–Kier alpha value is -4.74. The third kappa shape index (κ3) is 6.69. The SMILES string of the molecule is CCOC(=O)C1=C(C)NC(=O)N[C@H]1c1ccc(OCC(=O)N/N=C\c2ccc(OC)c(O)c2)c(OC)c1. The van der Waals surface area contributed by atoms with Gasteiger partial charge >= 0.3 is 12.0 Å². The Morgan fingerprint density at radius 1 is 1.11 bits per heavy atom. The van der Waals surface area contributed by atoms with Crippen molar-refractivity contribution in [3.05, 3.63) is 58.8 Å². The van der Waals surface area contributed by atoms with Gasteiger partial charge in [-0.3, -0.25) is 4.79 Å². The minimum Gasteiger partial charge on any atom is -0.504 e. The van der Waals surface area contributed by atoms with Crippen LogP contribution in [0.2, 0.25) is 0 Å². The molecule has 0 spiro atoms. The highest BCUT2D eigenvalue weighted by atomic mass is 16.5. The maximum atomic E-state index is 12.5. The van der Waals surface area contributed by atoms with E-state index in [1.807, 2.05) is 0 Å². The number of benzene rings is 2. The number of aromatic hydroxyl groups is 1. The molecule has 1 aliphatic rings. The molecule has 3 rings (SSSR count). The number of amides is 3. The van der Waals surface area contributed by atoms with E-state index in [4.69, 9.17) is 18.9 Å². The average molecular weight is 513 g/mol. The van der Waals surface area contributed by atoms with Gasteiger partial charge in [0, 0.05) is 5.70 Å². The fourth-order valence-corrected chi connectivity index (χ4v) is 3.55. The lowest BCUT2D eigenvalue weighted by atomic mass is 9.95. The molecule has 12 nitrogen and oxygen atoms in total. The lowest BCUT2D eigenvalue weighted by Crippen LogP contribution is -2.45. The largest absolute Gasteiger partial charge is 0.504 e. The Labute approximate surface area is 213 Å². The highest BCUT2D eigenvalue weighted by Gasteiger charge is 2.32. The molecular formula is C25H28N4O8. The second kappa shape index (κ2) is 12.3.